The minimum atomic E-state index is -3.29. The second-order valence-corrected chi connectivity index (χ2v) is 8.88. The summed E-state index contributed by atoms with van der Waals surface area (Å²) in [7, 11) is -3.29. The monoisotopic (exact) mass is 390 g/mol. The fraction of sp³-hybridized carbons (Fsp3) is 0.176. The van der Waals surface area contributed by atoms with Gasteiger partial charge in [-0.25, -0.2) is 13.4 Å². The van der Waals surface area contributed by atoms with E-state index in [1.54, 1.807) is 13.0 Å². The normalized spacial score (nSPS) is 13.1. The number of sulfone groups is 1. The van der Waals surface area contributed by atoms with Gasteiger partial charge in [0.1, 0.15) is 0 Å². The van der Waals surface area contributed by atoms with E-state index in [0.29, 0.717) is 27.7 Å². The summed E-state index contributed by atoms with van der Waals surface area (Å²) < 4.78 is 35.2. The summed E-state index contributed by atoms with van der Waals surface area (Å²) in [5.41, 5.74) is 1.06. The van der Waals surface area contributed by atoms with Crippen LogP contribution in [0.25, 0.3) is 10.2 Å². The number of anilines is 1. The van der Waals surface area contributed by atoms with E-state index in [1.807, 2.05) is 6.07 Å². The van der Waals surface area contributed by atoms with Gasteiger partial charge < -0.3 is 9.47 Å². The van der Waals surface area contributed by atoms with Crippen LogP contribution in [-0.2, 0) is 9.84 Å². The first-order valence-corrected chi connectivity index (χ1v) is 10.3. The highest BCUT2D eigenvalue weighted by Crippen LogP contribution is 2.39. The van der Waals surface area contributed by atoms with Crippen LogP contribution in [0.4, 0.5) is 5.13 Å². The van der Waals surface area contributed by atoms with Gasteiger partial charge in [-0.2, -0.15) is 0 Å². The predicted octanol–water partition coefficient (Wildman–Crippen LogP) is 3.07. The Kier molecular flexibility index (Phi) is 4.04. The number of benzene rings is 2. The Bertz CT molecular complexity index is 1060. The smallest absolute Gasteiger partial charge is 0.257 e. The van der Waals surface area contributed by atoms with E-state index in [9.17, 15) is 13.2 Å². The minimum Gasteiger partial charge on any atom is -0.454 e. The third kappa shape index (κ3) is 2.99. The second-order valence-electron chi connectivity index (χ2n) is 5.57. The molecule has 0 unspecified atom stereocenters. The van der Waals surface area contributed by atoms with E-state index in [0.717, 1.165) is 4.70 Å². The van der Waals surface area contributed by atoms with Gasteiger partial charge in [0.05, 0.1) is 20.9 Å². The van der Waals surface area contributed by atoms with Gasteiger partial charge in [0.25, 0.3) is 5.91 Å². The van der Waals surface area contributed by atoms with Crippen molar-refractivity contribution in [3.05, 3.63) is 42.0 Å². The average Bonchev–Trinajstić information content (AvgIpc) is 3.24. The molecule has 1 N–H and O–H groups in total. The number of nitrogens with zero attached hydrogens (tertiary/aromatic N) is 1. The molecule has 0 saturated heterocycles. The lowest BCUT2D eigenvalue weighted by Gasteiger charge is -2.04. The van der Waals surface area contributed by atoms with E-state index < -0.39 is 9.84 Å². The maximum atomic E-state index is 12.4. The number of hydrogen-bond donors (Lipinski definition) is 1. The predicted molar refractivity (Wildman–Crippen MR) is 97.9 cm³/mol. The number of rotatable bonds is 4. The zero-order valence-electron chi connectivity index (χ0n) is 13.7. The van der Waals surface area contributed by atoms with Crippen LogP contribution in [-0.4, -0.2) is 31.9 Å². The molecular weight excluding hydrogens is 376 g/mol. The lowest BCUT2D eigenvalue weighted by atomic mass is 10.2. The molecule has 1 amide bonds. The van der Waals surface area contributed by atoms with Crippen molar-refractivity contribution >= 4 is 42.4 Å². The molecule has 134 valence electrons. The van der Waals surface area contributed by atoms with Crippen LogP contribution in [0.15, 0.2) is 41.3 Å². The summed E-state index contributed by atoms with van der Waals surface area (Å²) in [5, 5.41) is 3.18. The van der Waals surface area contributed by atoms with Crippen LogP contribution in [0.2, 0.25) is 0 Å². The molecule has 1 aromatic heterocycles. The van der Waals surface area contributed by atoms with Gasteiger partial charge >= 0.3 is 0 Å². The molecule has 0 fully saturated rings. The number of amides is 1. The number of aromatic nitrogens is 1. The molecule has 4 rings (SSSR count). The Morgan fingerprint density at radius 2 is 1.88 bits per heavy atom. The number of fused-ring (bicyclic) bond motifs is 2. The Balaban J connectivity index is 1.55. The Morgan fingerprint density at radius 3 is 2.58 bits per heavy atom. The van der Waals surface area contributed by atoms with Gasteiger partial charge in [-0.15, -0.1) is 0 Å². The lowest BCUT2D eigenvalue weighted by Crippen LogP contribution is -2.12. The van der Waals surface area contributed by atoms with Gasteiger partial charge in [0.2, 0.25) is 6.79 Å². The van der Waals surface area contributed by atoms with Crippen LogP contribution in [0, 0.1) is 0 Å². The number of ether oxygens (including phenoxy) is 2. The summed E-state index contributed by atoms with van der Waals surface area (Å²) >= 11 is 1.32. The molecule has 0 saturated carbocycles. The minimum absolute atomic E-state index is 0.0155. The van der Waals surface area contributed by atoms with Gasteiger partial charge in [-0.05, 0) is 24.3 Å². The molecule has 0 atom stereocenters. The zero-order valence-corrected chi connectivity index (χ0v) is 15.3. The summed E-state index contributed by atoms with van der Waals surface area (Å²) in [4.78, 5) is 17.0. The first-order valence-electron chi connectivity index (χ1n) is 7.80. The first kappa shape index (κ1) is 16.8. The largest absolute Gasteiger partial charge is 0.454 e. The number of thiazole rings is 1. The Morgan fingerprint density at radius 1 is 1.19 bits per heavy atom. The zero-order chi connectivity index (χ0) is 18.3. The fourth-order valence-electron chi connectivity index (χ4n) is 2.52. The van der Waals surface area contributed by atoms with E-state index in [1.165, 1.54) is 35.6 Å². The van der Waals surface area contributed by atoms with Crippen LogP contribution in [0.1, 0.15) is 17.3 Å². The topological polar surface area (TPSA) is 94.6 Å². The van der Waals surface area contributed by atoms with Crippen LogP contribution in [0.3, 0.4) is 0 Å². The highest BCUT2D eigenvalue weighted by Gasteiger charge is 2.18. The number of hydrogen-bond acceptors (Lipinski definition) is 7. The number of carbonyl (C=O) groups excluding carboxylic acids is 1. The van der Waals surface area contributed by atoms with Crippen molar-refractivity contribution < 1.29 is 22.7 Å². The van der Waals surface area contributed by atoms with Crippen molar-refractivity contribution in [2.75, 3.05) is 17.9 Å². The average molecular weight is 390 g/mol. The molecule has 1 aliphatic heterocycles. The maximum Gasteiger partial charge on any atom is 0.257 e. The molecule has 0 aliphatic carbocycles. The van der Waals surface area contributed by atoms with Crippen molar-refractivity contribution in [1.29, 1.82) is 0 Å². The van der Waals surface area contributed by atoms with Crippen LogP contribution >= 0.6 is 11.3 Å². The SMILES string of the molecule is CCS(=O)(=O)c1ccc(C(=O)Nc2nc3cc4c(cc3s2)OCO4)cc1. The second kappa shape index (κ2) is 6.26. The van der Waals surface area contributed by atoms with E-state index >= 15 is 0 Å². The highest BCUT2D eigenvalue weighted by molar-refractivity contribution is 7.91. The molecule has 0 spiro atoms. The molecule has 26 heavy (non-hydrogen) atoms. The summed E-state index contributed by atoms with van der Waals surface area (Å²) in [5.74, 6) is 0.950. The van der Waals surface area contributed by atoms with Crippen LogP contribution < -0.4 is 14.8 Å². The summed E-state index contributed by atoms with van der Waals surface area (Å²) in [6.07, 6.45) is 0. The lowest BCUT2D eigenvalue weighted by molar-refractivity contribution is 0.102. The number of nitrogens with one attached hydrogen (secondary N) is 1. The van der Waals surface area contributed by atoms with Gasteiger partial charge in [-0.1, -0.05) is 18.3 Å². The molecule has 9 heteroatoms. The quantitative estimate of drug-likeness (QED) is 0.736. The molecular formula is C17H14N2O5S2. The number of carbonyl (C=O) groups is 1. The molecule has 1 aliphatic rings. The molecule has 0 bridgehead atoms. The van der Waals surface area contributed by atoms with Crippen LogP contribution in [0.5, 0.6) is 11.5 Å². The van der Waals surface area contributed by atoms with Crippen molar-refractivity contribution in [3.63, 3.8) is 0 Å². The van der Waals surface area contributed by atoms with Gasteiger partial charge in [0, 0.05) is 17.7 Å². The summed E-state index contributed by atoms with van der Waals surface area (Å²) in [6, 6.07) is 9.45. The molecule has 7 nitrogen and oxygen atoms in total. The molecule has 2 aromatic carbocycles. The van der Waals surface area contributed by atoms with E-state index in [2.05, 4.69) is 10.3 Å². The highest BCUT2D eigenvalue weighted by atomic mass is 32.2. The standard InChI is InChI=1S/C17H14N2O5S2/c1-2-26(21,22)11-5-3-10(4-6-11)16(20)19-17-18-12-7-13-14(24-9-23-13)8-15(12)25-17/h3-8H,2,9H2,1H3,(H,18,19,20). The third-order valence-corrected chi connectivity index (χ3v) is 6.64. The summed E-state index contributed by atoms with van der Waals surface area (Å²) in [6.45, 7) is 1.77. The Labute approximate surface area is 153 Å². The maximum absolute atomic E-state index is 12.4. The van der Waals surface area contributed by atoms with E-state index in [4.69, 9.17) is 9.47 Å². The third-order valence-electron chi connectivity index (χ3n) is 3.96. The van der Waals surface area contributed by atoms with Crippen molar-refractivity contribution in [2.24, 2.45) is 0 Å². The van der Waals surface area contributed by atoms with E-state index in [-0.39, 0.29) is 23.3 Å². The van der Waals surface area contributed by atoms with Crippen molar-refractivity contribution in [2.45, 2.75) is 11.8 Å². The van der Waals surface area contributed by atoms with Gasteiger partial charge in [0.15, 0.2) is 26.5 Å². The molecule has 3 aromatic rings. The van der Waals surface area contributed by atoms with Gasteiger partial charge in [-0.3, -0.25) is 10.1 Å². The van der Waals surface area contributed by atoms with Crippen molar-refractivity contribution in [1.82, 2.24) is 4.98 Å². The Hall–Kier alpha value is -2.65. The fourth-order valence-corrected chi connectivity index (χ4v) is 4.28. The van der Waals surface area contributed by atoms with Crippen molar-refractivity contribution in [3.8, 4) is 11.5 Å². The molecule has 2 heterocycles. The molecule has 0 radical (unpaired) electrons. The first-order chi connectivity index (χ1) is 12.5.